The first-order valence-electron chi connectivity index (χ1n) is 11.7. The lowest BCUT2D eigenvalue weighted by Crippen LogP contribution is -2.56. The Kier molecular flexibility index (Phi) is 6.32. The molecule has 0 aromatic heterocycles. The smallest absolute Gasteiger partial charge is 0.309 e. The van der Waals surface area contributed by atoms with Crippen LogP contribution in [0, 0.1) is 16.7 Å². The van der Waals surface area contributed by atoms with Crippen molar-refractivity contribution in [3.63, 3.8) is 0 Å². The second-order valence-electron chi connectivity index (χ2n) is 9.91. The van der Waals surface area contributed by atoms with Gasteiger partial charge >= 0.3 is 5.97 Å². The largest absolute Gasteiger partial charge is 0.481 e. The molecule has 3 N–H and O–H groups in total. The molecule has 34 heavy (non-hydrogen) atoms. The number of aliphatic carboxylic acids is 1. The van der Waals surface area contributed by atoms with E-state index in [2.05, 4.69) is 10.9 Å². The summed E-state index contributed by atoms with van der Waals surface area (Å²) in [6.45, 7) is 5.52. The minimum Gasteiger partial charge on any atom is -0.481 e. The molecule has 4 rings (SSSR count). The Labute approximate surface area is 201 Å². The van der Waals surface area contributed by atoms with Crippen molar-refractivity contribution in [3.05, 3.63) is 108 Å². The molecule has 0 unspecified atom stereocenters. The minimum absolute atomic E-state index is 0.192. The quantitative estimate of drug-likeness (QED) is 0.340. The van der Waals surface area contributed by atoms with Gasteiger partial charge in [0.25, 0.3) is 0 Å². The molecular formula is C29H32N2O3. The normalized spacial score (nSPS) is 21.7. The molecule has 0 saturated heterocycles. The van der Waals surface area contributed by atoms with E-state index in [-0.39, 0.29) is 5.91 Å². The van der Waals surface area contributed by atoms with E-state index < -0.39 is 28.3 Å². The lowest BCUT2D eigenvalue weighted by Gasteiger charge is -2.40. The zero-order valence-corrected chi connectivity index (χ0v) is 19.9. The van der Waals surface area contributed by atoms with Crippen LogP contribution in [0.1, 0.15) is 50.3 Å². The van der Waals surface area contributed by atoms with E-state index in [1.54, 1.807) is 6.92 Å². The van der Waals surface area contributed by atoms with E-state index in [0.29, 0.717) is 12.8 Å². The van der Waals surface area contributed by atoms with Crippen LogP contribution in [0.25, 0.3) is 0 Å². The molecule has 1 aliphatic rings. The van der Waals surface area contributed by atoms with Gasteiger partial charge in [0.05, 0.1) is 5.41 Å². The van der Waals surface area contributed by atoms with Crippen molar-refractivity contribution in [1.29, 1.82) is 0 Å². The van der Waals surface area contributed by atoms with Gasteiger partial charge in [-0.25, -0.2) is 5.43 Å². The van der Waals surface area contributed by atoms with Crippen LogP contribution in [0.4, 0.5) is 0 Å². The molecule has 3 aromatic carbocycles. The van der Waals surface area contributed by atoms with E-state index in [4.69, 9.17) is 0 Å². The van der Waals surface area contributed by atoms with Gasteiger partial charge in [0.1, 0.15) is 5.54 Å². The summed E-state index contributed by atoms with van der Waals surface area (Å²) in [7, 11) is 0. The van der Waals surface area contributed by atoms with E-state index in [9.17, 15) is 14.7 Å². The topological polar surface area (TPSA) is 78.4 Å². The van der Waals surface area contributed by atoms with Crippen LogP contribution in [-0.4, -0.2) is 17.0 Å². The van der Waals surface area contributed by atoms with Crippen molar-refractivity contribution in [2.75, 3.05) is 0 Å². The number of carbonyl (C=O) groups is 2. The van der Waals surface area contributed by atoms with Gasteiger partial charge in [-0.2, -0.15) is 0 Å². The highest BCUT2D eigenvalue weighted by Gasteiger charge is 2.58. The number of nitrogens with one attached hydrogen (secondary N) is 2. The average Bonchev–Trinajstić information content (AvgIpc) is 3.11. The van der Waals surface area contributed by atoms with Gasteiger partial charge in [-0.1, -0.05) is 105 Å². The standard InChI is InChI=1S/C29H32N2O3/c1-27(2)24(19-20-28(27,3)26(33)34)25(32)30-31-29(21-13-7-4-8-14-21,22-15-9-5-10-16-22)23-17-11-6-12-18-23/h4-18,24,31H,19-20H2,1-3H3,(H,30,32)(H,33,34)/t24-,28-/m1/s1. The van der Waals surface area contributed by atoms with Crippen LogP contribution in [0.2, 0.25) is 0 Å². The zero-order valence-electron chi connectivity index (χ0n) is 19.9. The van der Waals surface area contributed by atoms with Crippen molar-refractivity contribution >= 4 is 11.9 Å². The minimum atomic E-state index is -0.954. The molecule has 0 radical (unpaired) electrons. The van der Waals surface area contributed by atoms with Crippen LogP contribution in [0.3, 0.4) is 0 Å². The summed E-state index contributed by atoms with van der Waals surface area (Å²) in [6, 6.07) is 30.1. The number of hydrogen-bond donors (Lipinski definition) is 3. The predicted molar refractivity (Wildman–Crippen MR) is 133 cm³/mol. The van der Waals surface area contributed by atoms with Crippen molar-refractivity contribution in [2.45, 2.75) is 39.2 Å². The molecule has 0 bridgehead atoms. The van der Waals surface area contributed by atoms with Crippen molar-refractivity contribution in [1.82, 2.24) is 10.9 Å². The summed E-state index contributed by atoms with van der Waals surface area (Å²) in [6.07, 6.45) is 0.993. The van der Waals surface area contributed by atoms with Crippen LogP contribution in [-0.2, 0) is 15.1 Å². The fourth-order valence-corrected chi connectivity index (χ4v) is 5.37. The van der Waals surface area contributed by atoms with Crippen molar-refractivity contribution < 1.29 is 14.7 Å². The first kappa shape index (κ1) is 23.7. The molecule has 3 aromatic rings. The molecule has 1 fully saturated rings. The Bertz CT molecular complexity index is 1050. The molecular weight excluding hydrogens is 424 g/mol. The van der Waals surface area contributed by atoms with Gasteiger partial charge < -0.3 is 5.11 Å². The number of rotatable bonds is 7. The molecule has 0 heterocycles. The zero-order chi connectivity index (χ0) is 24.4. The van der Waals surface area contributed by atoms with E-state index in [1.807, 2.05) is 105 Å². The predicted octanol–water partition coefficient (Wildman–Crippen LogP) is 5.13. The molecule has 5 nitrogen and oxygen atoms in total. The third kappa shape index (κ3) is 3.80. The number of hydrogen-bond acceptors (Lipinski definition) is 3. The lowest BCUT2D eigenvalue weighted by atomic mass is 9.65. The lowest BCUT2D eigenvalue weighted by molar-refractivity contribution is -0.155. The fraction of sp³-hybridized carbons (Fsp3) is 0.310. The summed E-state index contributed by atoms with van der Waals surface area (Å²) in [5.41, 5.74) is 6.87. The highest BCUT2D eigenvalue weighted by Crippen LogP contribution is 2.56. The maximum Gasteiger partial charge on any atom is 0.309 e. The molecule has 1 aliphatic carbocycles. The number of benzene rings is 3. The number of carbonyl (C=O) groups excluding carboxylic acids is 1. The monoisotopic (exact) mass is 456 g/mol. The molecule has 0 aliphatic heterocycles. The van der Waals surface area contributed by atoms with Crippen LogP contribution >= 0.6 is 0 Å². The maximum absolute atomic E-state index is 13.5. The number of carboxylic acid groups (broad SMARTS) is 1. The van der Waals surface area contributed by atoms with Crippen molar-refractivity contribution in [3.8, 4) is 0 Å². The summed E-state index contributed by atoms with van der Waals surface area (Å²) >= 11 is 0. The van der Waals surface area contributed by atoms with Gasteiger partial charge in [0, 0.05) is 5.92 Å². The van der Waals surface area contributed by atoms with Crippen molar-refractivity contribution in [2.24, 2.45) is 16.7 Å². The summed E-state index contributed by atoms with van der Waals surface area (Å²) < 4.78 is 0. The Morgan fingerprint density at radius 1 is 0.794 bits per heavy atom. The second kappa shape index (κ2) is 9.07. The highest BCUT2D eigenvalue weighted by molar-refractivity contribution is 5.83. The van der Waals surface area contributed by atoms with Crippen LogP contribution in [0.15, 0.2) is 91.0 Å². The first-order chi connectivity index (χ1) is 16.2. The fourth-order valence-electron chi connectivity index (χ4n) is 5.37. The third-order valence-corrected chi connectivity index (χ3v) is 8.01. The molecule has 1 amide bonds. The van der Waals surface area contributed by atoms with E-state index >= 15 is 0 Å². The van der Waals surface area contributed by atoms with Gasteiger partial charge in [-0.15, -0.1) is 0 Å². The van der Waals surface area contributed by atoms with Gasteiger partial charge in [-0.05, 0) is 41.9 Å². The van der Waals surface area contributed by atoms with Crippen LogP contribution < -0.4 is 10.9 Å². The summed E-state index contributed by atoms with van der Waals surface area (Å²) in [5, 5.41) is 9.87. The van der Waals surface area contributed by atoms with Crippen LogP contribution in [0.5, 0.6) is 0 Å². The highest BCUT2D eigenvalue weighted by atomic mass is 16.4. The molecule has 1 saturated carbocycles. The maximum atomic E-state index is 13.5. The van der Waals surface area contributed by atoms with E-state index in [1.165, 1.54) is 0 Å². The number of hydrazine groups is 1. The Balaban J connectivity index is 1.75. The summed E-state index contributed by atoms with van der Waals surface area (Å²) in [4.78, 5) is 25.6. The average molecular weight is 457 g/mol. The Morgan fingerprint density at radius 3 is 1.56 bits per heavy atom. The third-order valence-electron chi connectivity index (χ3n) is 8.01. The number of carboxylic acids is 1. The van der Waals surface area contributed by atoms with Gasteiger partial charge in [0.15, 0.2) is 0 Å². The first-order valence-corrected chi connectivity index (χ1v) is 11.7. The Hall–Kier alpha value is -3.44. The Morgan fingerprint density at radius 2 is 1.21 bits per heavy atom. The van der Waals surface area contributed by atoms with Gasteiger partial charge in [0.2, 0.25) is 5.91 Å². The summed E-state index contributed by atoms with van der Waals surface area (Å²) in [5.74, 6) is -1.48. The van der Waals surface area contributed by atoms with Gasteiger partial charge in [-0.3, -0.25) is 15.0 Å². The number of amides is 1. The molecule has 5 heteroatoms. The molecule has 2 atom stereocenters. The molecule has 0 spiro atoms. The SMILES string of the molecule is CC1(C)[C@@H](C(=O)NNC(c2ccccc2)(c2ccccc2)c2ccccc2)CC[C@]1(C)C(=O)O. The molecule has 176 valence electrons. The van der Waals surface area contributed by atoms with E-state index in [0.717, 1.165) is 16.7 Å². The second-order valence-corrected chi connectivity index (χ2v) is 9.91.